The minimum Gasteiger partial charge on any atom is -0.456 e. The molecule has 0 N–H and O–H groups in total. The van der Waals surface area contributed by atoms with Crippen molar-refractivity contribution in [1.29, 1.82) is 0 Å². The standard InChI is InChI=1S/C50H27N3OS/c1-3-16-30-28(14-1)29-15-2-4-17-31(29)44-43(30)45-33-19-6-10-24-38(33)53(48(45)49-46(44)35-21-8-12-27-41(35)55-49)50-51-37-23-9-5-18-32(37)47(52-50)36-22-13-26-40-42(36)34-20-7-11-25-39(34)54-40/h1-27H. The van der Waals surface area contributed by atoms with E-state index in [1.807, 2.05) is 29.5 Å². The van der Waals surface area contributed by atoms with E-state index in [0.29, 0.717) is 5.95 Å². The molecule has 0 aliphatic carbocycles. The number of thiophene rings is 1. The second-order valence-corrected chi connectivity index (χ2v) is 15.4. The van der Waals surface area contributed by atoms with E-state index in [-0.39, 0.29) is 0 Å². The fourth-order valence-electron chi connectivity index (χ4n) is 9.38. The van der Waals surface area contributed by atoms with E-state index in [1.165, 1.54) is 63.3 Å². The molecule has 0 unspecified atom stereocenters. The summed E-state index contributed by atoms with van der Waals surface area (Å²) in [7, 11) is 0. The summed E-state index contributed by atoms with van der Waals surface area (Å²) in [5, 5.41) is 15.7. The van der Waals surface area contributed by atoms with Crippen LogP contribution in [0.15, 0.2) is 168 Å². The van der Waals surface area contributed by atoms with Crippen molar-refractivity contribution in [2.24, 2.45) is 0 Å². The minimum atomic E-state index is 0.646. The summed E-state index contributed by atoms with van der Waals surface area (Å²) in [5.74, 6) is 0.646. The summed E-state index contributed by atoms with van der Waals surface area (Å²) < 4.78 is 11.2. The van der Waals surface area contributed by atoms with Crippen molar-refractivity contribution in [2.45, 2.75) is 0 Å². The van der Waals surface area contributed by atoms with Crippen LogP contribution in [-0.4, -0.2) is 14.5 Å². The van der Waals surface area contributed by atoms with Gasteiger partial charge in [0.15, 0.2) is 0 Å². The number of nitrogens with zero attached hydrogens (tertiary/aromatic N) is 3. The lowest BCUT2D eigenvalue weighted by Crippen LogP contribution is -2.03. The predicted molar refractivity (Wildman–Crippen MR) is 232 cm³/mol. The Balaban J connectivity index is 1.28. The molecule has 0 aliphatic rings. The Kier molecular flexibility index (Phi) is 5.74. The van der Waals surface area contributed by atoms with E-state index < -0.39 is 0 Å². The quantitative estimate of drug-likeness (QED) is 0.167. The zero-order valence-corrected chi connectivity index (χ0v) is 30.1. The van der Waals surface area contributed by atoms with Crippen LogP contribution in [0.4, 0.5) is 0 Å². The molecule has 4 aromatic heterocycles. The molecule has 5 heteroatoms. The molecular formula is C50H27N3OS. The van der Waals surface area contributed by atoms with Gasteiger partial charge in [0.05, 0.1) is 26.9 Å². The summed E-state index contributed by atoms with van der Waals surface area (Å²) >= 11 is 1.86. The highest BCUT2D eigenvalue weighted by Gasteiger charge is 2.26. The van der Waals surface area contributed by atoms with E-state index in [4.69, 9.17) is 14.4 Å². The minimum absolute atomic E-state index is 0.646. The molecule has 0 saturated heterocycles. The number of furan rings is 1. The van der Waals surface area contributed by atoms with E-state index in [1.54, 1.807) is 0 Å². The highest BCUT2D eigenvalue weighted by molar-refractivity contribution is 7.27. The molecule has 4 nitrogen and oxygen atoms in total. The van der Waals surface area contributed by atoms with E-state index in [2.05, 4.69) is 150 Å². The van der Waals surface area contributed by atoms with Gasteiger partial charge in [-0.1, -0.05) is 133 Å². The fourth-order valence-corrected chi connectivity index (χ4v) is 10.6. The third-order valence-electron chi connectivity index (χ3n) is 11.6. The summed E-state index contributed by atoms with van der Waals surface area (Å²) in [6, 6.07) is 58.4. The van der Waals surface area contributed by atoms with Gasteiger partial charge in [-0.05, 0) is 51.9 Å². The molecule has 0 atom stereocenters. The molecule has 4 heterocycles. The van der Waals surface area contributed by atoms with Gasteiger partial charge in [0, 0.05) is 58.7 Å². The number of rotatable bonds is 2. The van der Waals surface area contributed by atoms with Crippen LogP contribution in [0.3, 0.4) is 0 Å². The van der Waals surface area contributed by atoms with Crippen LogP contribution in [0, 0.1) is 0 Å². The van der Waals surface area contributed by atoms with Gasteiger partial charge in [-0.3, -0.25) is 4.57 Å². The van der Waals surface area contributed by atoms with Gasteiger partial charge >= 0.3 is 0 Å². The molecule has 0 bridgehead atoms. The van der Waals surface area contributed by atoms with Crippen molar-refractivity contribution >= 4 is 118 Å². The summed E-state index contributed by atoms with van der Waals surface area (Å²) in [6.45, 7) is 0. The van der Waals surface area contributed by atoms with Crippen molar-refractivity contribution in [3.05, 3.63) is 164 Å². The smallest absolute Gasteiger partial charge is 0.235 e. The lowest BCUT2D eigenvalue weighted by molar-refractivity contribution is 0.669. The number of para-hydroxylation sites is 3. The monoisotopic (exact) mass is 717 g/mol. The molecule has 13 rings (SSSR count). The second kappa shape index (κ2) is 10.8. The van der Waals surface area contributed by atoms with Gasteiger partial charge in [-0.15, -0.1) is 11.3 Å². The first-order chi connectivity index (χ1) is 27.3. The highest BCUT2D eigenvalue weighted by Crippen LogP contribution is 2.52. The van der Waals surface area contributed by atoms with Crippen molar-refractivity contribution in [3.63, 3.8) is 0 Å². The average molecular weight is 718 g/mol. The molecule has 0 amide bonds. The first kappa shape index (κ1) is 29.4. The normalized spacial score (nSPS) is 12.4. The lowest BCUT2D eigenvalue weighted by Gasteiger charge is -2.15. The second-order valence-electron chi connectivity index (χ2n) is 14.4. The molecule has 0 spiro atoms. The highest BCUT2D eigenvalue weighted by atomic mass is 32.1. The Morgan fingerprint density at radius 1 is 0.418 bits per heavy atom. The van der Waals surface area contributed by atoms with Gasteiger partial charge in [-0.25, -0.2) is 9.97 Å². The summed E-state index contributed by atoms with van der Waals surface area (Å²) in [5.41, 5.74) is 6.73. The molecule has 55 heavy (non-hydrogen) atoms. The molecule has 0 radical (unpaired) electrons. The number of benzene rings is 9. The van der Waals surface area contributed by atoms with Crippen LogP contribution in [0.25, 0.3) is 124 Å². The zero-order chi connectivity index (χ0) is 35.8. The van der Waals surface area contributed by atoms with E-state index in [9.17, 15) is 0 Å². The van der Waals surface area contributed by atoms with Crippen LogP contribution in [0.5, 0.6) is 0 Å². The topological polar surface area (TPSA) is 43.9 Å². The van der Waals surface area contributed by atoms with Gasteiger partial charge in [-0.2, -0.15) is 0 Å². The van der Waals surface area contributed by atoms with Gasteiger partial charge < -0.3 is 4.42 Å². The maximum atomic E-state index is 6.38. The Bertz CT molecular complexity index is 3790. The van der Waals surface area contributed by atoms with Crippen LogP contribution >= 0.6 is 11.3 Å². The Labute approximate surface area is 317 Å². The van der Waals surface area contributed by atoms with Gasteiger partial charge in [0.25, 0.3) is 0 Å². The average Bonchev–Trinajstić information content (AvgIpc) is 3.93. The van der Waals surface area contributed by atoms with Crippen LogP contribution in [-0.2, 0) is 0 Å². The Morgan fingerprint density at radius 2 is 1.02 bits per heavy atom. The zero-order valence-electron chi connectivity index (χ0n) is 29.2. The molecule has 9 aromatic carbocycles. The third-order valence-corrected chi connectivity index (χ3v) is 12.7. The Morgan fingerprint density at radius 3 is 1.82 bits per heavy atom. The summed E-state index contributed by atoms with van der Waals surface area (Å²) in [6.07, 6.45) is 0. The van der Waals surface area contributed by atoms with Crippen LogP contribution in [0.2, 0.25) is 0 Å². The largest absolute Gasteiger partial charge is 0.456 e. The van der Waals surface area contributed by atoms with E-state index >= 15 is 0 Å². The molecular weight excluding hydrogens is 691 g/mol. The molecule has 0 saturated carbocycles. The Hall–Kier alpha value is -7.08. The van der Waals surface area contributed by atoms with Crippen LogP contribution < -0.4 is 0 Å². The van der Waals surface area contributed by atoms with Crippen LogP contribution in [0.1, 0.15) is 0 Å². The SMILES string of the molecule is c1ccc2c(-c3cccc4oc5ccccc5c34)nc(-n3c4ccccc4c4c5c6ccccc6c6ccccc6c5c5c6ccccc6sc5c43)nc2c1. The molecule has 254 valence electrons. The van der Waals surface area contributed by atoms with Crippen molar-refractivity contribution < 1.29 is 4.42 Å². The predicted octanol–water partition coefficient (Wildman–Crippen LogP) is 14.1. The lowest BCUT2D eigenvalue weighted by atomic mass is 9.89. The summed E-state index contributed by atoms with van der Waals surface area (Å²) in [4.78, 5) is 11.0. The van der Waals surface area contributed by atoms with Crippen molar-refractivity contribution in [1.82, 2.24) is 14.5 Å². The van der Waals surface area contributed by atoms with Gasteiger partial charge in [0.2, 0.25) is 5.95 Å². The van der Waals surface area contributed by atoms with Crippen molar-refractivity contribution in [2.75, 3.05) is 0 Å². The molecule has 0 fully saturated rings. The van der Waals surface area contributed by atoms with E-state index in [0.717, 1.165) is 55.1 Å². The maximum Gasteiger partial charge on any atom is 0.235 e. The fraction of sp³-hybridized carbons (Fsp3) is 0. The number of hydrogen-bond donors (Lipinski definition) is 0. The number of aromatic nitrogens is 3. The van der Waals surface area contributed by atoms with Crippen molar-refractivity contribution in [3.8, 4) is 17.2 Å². The molecule has 0 aliphatic heterocycles. The number of hydrogen-bond acceptors (Lipinski definition) is 4. The first-order valence-corrected chi connectivity index (χ1v) is 19.4. The molecule has 13 aromatic rings. The maximum absolute atomic E-state index is 6.38. The van der Waals surface area contributed by atoms with Gasteiger partial charge in [0.1, 0.15) is 11.2 Å². The number of fused-ring (bicyclic) bond motifs is 19. The first-order valence-electron chi connectivity index (χ1n) is 18.6. The third kappa shape index (κ3) is 3.84.